The topological polar surface area (TPSA) is 32.3 Å². The fourth-order valence-electron chi connectivity index (χ4n) is 3.17. The van der Waals surface area contributed by atoms with Gasteiger partial charge in [0.25, 0.3) is 0 Å². The highest BCUT2D eigenvalue weighted by molar-refractivity contribution is 6.30. The third-order valence-corrected chi connectivity index (χ3v) is 4.65. The van der Waals surface area contributed by atoms with Gasteiger partial charge in [-0.3, -0.25) is 4.98 Å². The summed E-state index contributed by atoms with van der Waals surface area (Å²) in [6.45, 7) is 2.82. The van der Waals surface area contributed by atoms with E-state index in [1.807, 2.05) is 12.1 Å². The van der Waals surface area contributed by atoms with E-state index in [0.717, 1.165) is 31.0 Å². The molecule has 0 amide bonds. The van der Waals surface area contributed by atoms with Crippen LogP contribution in [0.3, 0.4) is 0 Å². The molecule has 0 bridgehead atoms. The van der Waals surface area contributed by atoms with E-state index in [4.69, 9.17) is 11.6 Å². The number of rotatable bonds is 2. The Balaban J connectivity index is 1.60. The Hall–Kier alpha value is -2.47. The number of hydrogen-bond donors (Lipinski definition) is 0. The van der Waals surface area contributed by atoms with E-state index < -0.39 is 11.6 Å². The minimum atomic E-state index is -0.512. The summed E-state index contributed by atoms with van der Waals surface area (Å²) in [5.74, 6) is -0.107. The SMILES string of the molecule is Fc1ccc(F)c2c(N3CCN(c4ccc(Cl)cn4)CC3)ccnc12. The predicted molar refractivity (Wildman–Crippen MR) is 95.3 cm³/mol. The standard InChI is InChI=1S/C18H15ClF2N4/c19-12-1-4-16(23-11-12)25-9-7-24(8-10-25)15-5-6-22-18-14(21)3-2-13(20)17(15)18/h1-6,11H,7-10H2. The number of benzene rings is 1. The van der Waals surface area contributed by atoms with Crippen LogP contribution in [0.4, 0.5) is 20.3 Å². The third kappa shape index (κ3) is 2.98. The van der Waals surface area contributed by atoms with Crippen molar-refractivity contribution in [1.29, 1.82) is 0 Å². The summed E-state index contributed by atoms with van der Waals surface area (Å²) in [5, 5.41) is 0.837. The molecule has 0 atom stereocenters. The highest BCUT2D eigenvalue weighted by atomic mass is 35.5. The van der Waals surface area contributed by atoms with E-state index in [0.29, 0.717) is 23.8 Å². The summed E-state index contributed by atoms with van der Waals surface area (Å²) in [6.07, 6.45) is 3.14. The lowest BCUT2D eigenvalue weighted by Gasteiger charge is -2.37. The molecule has 1 aromatic carbocycles. The summed E-state index contributed by atoms with van der Waals surface area (Å²) in [6, 6.07) is 7.69. The van der Waals surface area contributed by atoms with Crippen LogP contribution in [0.15, 0.2) is 42.7 Å². The fourth-order valence-corrected chi connectivity index (χ4v) is 3.28. The smallest absolute Gasteiger partial charge is 0.149 e. The van der Waals surface area contributed by atoms with Crippen LogP contribution in [-0.4, -0.2) is 36.1 Å². The van der Waals surface area contributed by atoms with E-state index in [1.165, 1.54) is 6.20 Å². The van der Waals surface area contributed by atoms with Gasteiger partial charge in [-0.2, -0.15) is 0 Å². The molecule has 0 saturated carbocycles. The van der Waals surface area contributed by atoms with Gasteiger partial charge in [0.1, 0.15) is 23.0 Å². The van der Waals surface area contributed by atoms with Crippen molar-refractivity contribution in [3.05, 3.63) is 59.4 Å². The number of halogens is 3. The molecule has 3 aromatic rings. The van der Waals surface area contributed by atoms with Gasteiger partial charge in [-0.05, 0) is 30.3 Å². The summed E-state index contributed by atoms with van der Waals surface area (Å²) >= 11 is 5.88. The molecular weight excluding hydrogens is 346 g/mol. The molecule has 1 aliphatic rings. The van der Waals surface area contributed by atoms with Gasteiger partial charge in [-0.1, -0.05) is 11.6 Å². The summed E-state index contributed by atoms with van der Waals surface area (Å²) in [7, 11) is 0. The van der Waals surface area contributed by atoms with Gasteiger partial charge in [0.05, 0.1) is 16.1 Å². The number of piperazine rings is 1. The molecule has 0 unspecified atom stereocenters. The van der Waals surface area contributed by atoms with E-state index in [-0.39, 0.29) is 10.9 Å². The predicted octanol–water partition coefficient (Wildman–Crippen LogP) is 3.89. The lowest BCUT2D eigenvalue weighted by Crippen LogP contribution is -2.47. The molecule has 0 aliphatic carbocycles. The van der Waals surface area contributed by atoms with Crippen LogP contribution >= 0.6 is 11.6 Å². The molecule has 0 radical (unpaired) electrons. The minimum Gasteiger partial charge on any atom is -0.367 e. The first-order valence-electron chi connectivity index (χ1n) is 7.97. The van der Waals surface area contributed by atoms with E-state index in [2.05, 4.69) is 19.8 Å². The van der Waals surface area contributed by atoms with Gasteiger partial charge in [0.15, 0.2) is 0 Å². The van der Waals surface area contributed by atoms with Crippen LogP contribution in [0, 0.1) is 11.6 Å². The number of hydrogen-bond acceptors (Lipinski definition) is 4. The number of fused-ring (bicyclic) bond motifs is 1. The molecular formula is C18H15ClF2N4. The first-order chi connectivity index (χ1) is 12.1. The molecule has 3 heterocycles. The summed E-state index contributed by atoms with van der Waals surface area (Å²) < 4.78 is 28.2. The van der Waals surface area contributed by atoms with Crippen molar-refractivity contribution < 1.29 is 8.78 Å². The molecule has 4 rings (SSSR count). The zero-order chi connectivity index (χ0) is 17.4. The van der Waals surface area contributed by atoms with Crippen molar-refractivity contribution in [3.63, 3.8) is 0 Å². The van der Waals surface area contributed by atoms with Gasteiger partial charge in [-0.25, -0.2) is 13.8 Å². The molecule has 1 saturated heterocycles. The van der Waals surface area contributed by atoms with Crippen molar-refractivity contribution in [2.75, 3.05) is 36.0 Å². The van der Waals surface area contributed by atoms with Crippen molar-refractivity contribution in [2.45, 2.75) is 0 Å². The normalized spacial score (nSPS) is 15.0. The molecule has 1 fully saturated rings. The van der Waals surface area contributed by atoms with E-state index in [9.17, 15) is 8.78 Å². The Labute approximate surface area is 148 Å². The van der Waals surface area contributed by atoms with Gasteiger partial charge in [0, 0.05) is 38.6 Å². The average molecular weight is 361 g/mol. The van der Waals surface area contributed by atoms with Crippen molar-refractivity contribution in [2.24, 2.45) is 0 Å². The van der Waals surface area contributed by atoms with E-state index in [1.54, 1.807) is 12.3 Å². The maximum absolute atomic E-state index is 14.3. The molecule has 0 spiro atoms. The van der Waals surface area contributed by atoms with Gasteiger partial charge >= 0.3 is 0 Å². The zero-order valence-corrected chi connectivity index (χ0v) is 14.0. The number of pyridine rings is 2. The minimum absolute atomic E-state index is 0.0688. The maximum Gasteiger partial charge on any atom is 0.149 e. The van der Waals surface area contributed by atoms with Crippen molar-refractivity contribution >= 4 is 34.0 Å². The van der Waals surface area contributed by atoms with Gasteiger partial charge in [0.2, 0.25) is 0 Å². The summed E-state index contributed by atoms with van der Waals surface area (Å²) in [4.78, 5) is 12.5. The Morgan fingerprint density at radius 1 is 0.840 bits per heavy atom. The molecule has 128 valence electrons. The zero-order valence-electron chi connectivity index (χ0n) is 13.3. The second kappa shape index (κ2) is 6.44. The largest absolute Gasteiger partial charge is 0.367 e. The molecule has 1 aliphatic heterocycles. The highest BCUT2D eigenvalue weighted by Crippen LogP contribution is 2.30. The number of anilines is 2. The van der Waals surface area contributed by atoms with E-state index >= 15 is 0 Å². The van der Waals surface area contributed by atoms with Crippen molar-refractivity contribution in [1.82, 2.24) is 9.97 Å². The van der Waals surface area contributed by atoms with Gasteiger partial charge < -0.3 is 9.80 Å². The van der Waals surface area contributed by atoms with Crippen LogP contribution in [0.5, 0.6) is 0 Å². The third-order valence-electron chi connectivity index (χ3n) is 4.43. The Morgan fingerprint density at radius 2 is 1.56 bits per heavy atom. The van der Waals surface area contributed by atoms with Crippen LogP contribution in [0.1, 0.15) is 0 Å². The quantitative estimate of drug-likeness (QED) is 0.694. The Kier molecular flexibility index (Phi) is 4.13. The fraction of sp³-hybridized carbons (Fsp3) is 0.222. The lowest BCUT2D eigenvalue weighted by atomic mass is 10.1. The Bertz CT molecular complexity index is 909. The first kappa shape index (κ1) is 16.0. The van der Waals surface area contributed by atoms with Crippen LogP contribution in [0.2, 0.25) is 5.02 Å². The second-order valence-corrected chi connectivity index (χ2v) is 6.33. The average Bonchev–Trinajstić information content (AvgIpc) is 2.65. The van der Waals surface area contributed by atoms with Crippen LogP contribution < -0.4 is 9.80 Å². The van der Waals surface area contributed by atoms with Gasteiger partial charge in [-0.15, -0.1) is 0 Å². The lowest BCUT2D eigenvalue weighted by molar-refractivity contribution is 0.612. The maximum atomic E-state index is 14.3. The van der Waals surface area contributed by atoms with Crippen LogP contribution in [-0.2, 0) is 0 Å². The number of nitrogens with zero attached hydrogens (tertiary/aromatic N) is 4. The summed E-state index contributed by atoms with van der Waals surface area (Å²) in [5.41, 5.74) is 0.741. The second-order valence-electron chi connectivity index (χ2n) is 5.89. The first-order valence-corrected chi connectivity index (χ1v) is 8.35. The molecule has 2 aromatic heterocycles. The molecule has 25 heavy (non-hydrogen) atoms. The molecule has 7 heteroatoms. The monoisotopic (exact) mass is 360 g/mol. The number of aromatic nitrogens is 2. The molecule has 4 nitrogen and oxygen atoms in total. The molecule has 0 N–H and O–H groups in total. The van der Waals surface area contributed by atoms with Crippen LogP contribution in [0.25, 0.3) is 10.9 Å². The van der Waals surface area contributed by atoms with Crippen molar-refractivity contribution in [3.8, 4) is 0 Å². The highest BCUT2D eigenvalue weighted by Gasteiger charge is 2.22. The Morgan fingerprint density at radius 3 is 2.28 bits per heavy atom.